The maximum absolute atomic E-state index is 12.3. The number of rotatable bonds is 8. The number of amides is 1. The van der Waals surface area contributed by atoms with E-state index >= 15 is 0 Å². The van der Waals surface area contributed by atoms with Crippen LogP contribution >= 0.6 is 12.2 Å². The highest BCUT2D eigenvalue weighted by Crippen LogP contribution is 2.13. The number of benzene rings is 2. The van der Waals surface area contributed by atoms with Crippen molar-refractivity contribution in [3.63, 3.8) is 0 Å². The van der Waals surface area contributed by atoms with Gasteiger partial charge < -0.3 is 5.32 Å². The second-order valence-electron chi connectivity index (χ2n) is 8.15. The minimum Gasteiger partial charge on any atom is -0.353 e. The number of aromatic amines is 1. The number of nitrogens with one attached hydrogen (secondary N) is 2. The summed E-state index contributed by atoms with van der Waals surface area (Å²) in [5.74, 6) is 0.886. The number of aryl methyl sites for hydroxylation is 1. The Kier molecular flexibility index (Phi) is 7.64. The Hall–Kier alpha value is -3.03. The fourth-order valence-corrected chi connectivity index (χ4v) is 4.11. The van der Waals surface area contributed by atoms with E-state index in [1.54, 1.807) is 0 Å². The Morgan fingerprint density at radius 2 is 1.75 bits per heavy atom. The number of carbonyl (C=O) groups is 1. The van der Waals surface area contributed by atoms with E-state index in [9.17, 15) is 4.79 Å². The molecule has 1 aliphatic rings. The molecule has 4 rings (SSSR count). The van der Waals surface area contributed by atoms with Crippen LogP contribution in [-0.2, 0) is 17.9 Å². The van der Waals surface area contributed by atoms with Crippen molar-refractivity contribution in [2.24, 2.45) is 0 Å². The molecule has 1 aliphatic heterocycles. The number of nitrogens with zero attached hydrogens (tertiary/aromatic N) is 3. The molecule has 2 aromatic carbocycles. The van der Waals surface area contributed by atoms with Gasteiger partial charge in [0.05, 0.1) is 6.67 Å². The molecule has 1 fully saturated rings. The van der Waals surface area contributed by atoms with Crippen LogP contribution in [0.3, 0.4) is 0 Å². The molecule has 166 valence electrons. The molecule has 1 aromatic heterocycles. The number of aromatic nitrogens is 3. The normalized spacial score (nSPS) is 15.2. The van der Waals surface area contributed by atoms with Crippen LogP contribution < -0.4 is 5.32 Å². The summed E-state index contributed by atoms with van der Waals surface area (Å²) < 4.78 is 2.45. The van der Waals surface area contributed by atoms with Crippen LogP contribution in [0, 0.1) is 4.77 Å². The van der Waals surface area contributed by atoms with Crippen molar-refractivity contribution in [1.29, 1.82) is 0 Å². The van der Waals surface area contributed by atoms with Crippen molar-refractivity contribution in [1.82, 2.24) is 25.0 Å². The first kappa shape index (κ1) is 22.2. The molecule has 2 N–H and O–H groups in total. The number of piperidine rings is 1. The Morgan fingerprint density at radius 1 is 1.06 bits per heavy atom. The lowest BCUT2D eigenvalue weighted by Gasteiger charge is -2.32. The molecule has 1 amide bonds. The lowest BCUT2D eigenvalue weighted by molar-refractivity contribution is -0.122. The SMILES string of the molecule is O=C(CCc1ccccc1)NC1CCN(Cn2[nH]c(C=Cc3ccccc3)nc2=S)CC1. The lowest BCUT2D eigenvalue weighted by Crippen LogP contribution is -2.45. The van der Waals surface area contributed by atoms with Gasteiger partial charge in [-0.05, 0) is 48.7 Å². The number of hydrogen-bond acceptors (Lipinski definition) is 4. The molecule has 0 radical (unpaired) electrons. The van der Waals surface area contributed by atoms with Gasteiger partial charge in [0.1, 0.15) is 5.82 Å². The van der Waals surface area contributed by atoms with Crippen LogP contribution in [0.5, 0.6) is 0 Å². The second-order valence-corrected chi connectivity index (χ2v) is 8.52. The smallest absolute Gasteiger partial charge is 0.220 e. The Bertz CT molecular complexity index is 1080. The van der Waals surface area contributed by atoms with Crippen molar-refractivity contribution in [3.8, 4) is 0 Å². The minimum atomic E-state index is 0.137. The first-order valence-electron chi connectivity index (χ1n) is 11.1. The van der Waals surface area contributed by atoms with Crippen molar-refractivity contribution in [2.45, 2.75) is 38.4 Å². The molecule has 32 heavy (non-hydrogen) atoms. The molecule has 6 nitrogen and oxygen atoms in total. The van der Waals surface area contributed by atoms with E-state index in [-0.39, 0.29) is 11.9 Å². The molecular weight excluding hydrogens is 418 g/mol. The van der Waals surface area contributed by atoms with Gasteiger partial charge in [-0.3, -0.25) is 14.8 Å². The fraction of sp³-hybridized carbons (Fsp3) is 0.320. The minimum absolute atomic E-state index is 0.137. The second kappa shape index (κ2) is 11.0. The van der Waals surface area contributed by atoms with E-state index < -0.39 is 0 Å². The standard InChI is InChI=1S/C25H29N5OS/c31-24(14-12-21-9-5-2-6-10-21)26-22-15-17-29(18-16-22)19-30-25(32)27-23(28-30)13-11-20-7-3-1-4-8-20/h1-11,13,22H,12,14-19H2,(H,26,31)(H,27,28,32). The Morgan fingerprint density at radius 3 is 2.47 bits per heavy atom. The van der Waals surface area contributed by atoms with Crippen LogP contribution in [0.2, 0.25) is 0 Å². The summed E-state index contributed by atoms with van der Waals surface area (Å²) >= 11 is 5.42. The van der Waals surface area contributed by atoms with Gasteiger partial charge in [0.25, 0.3) is 0 Å². The quantitative estimate of drug-likeness (QED) is 0.506. The molecule has 3 aromatic rings. The first-order valence-corrected chi connectivity index (χ1v) is 11.5. The zero-order valence-electron chi connectivity index (χ0n) is 18.1. The van der Waals surface area contributed by atoms with Gasteiger partial charge >= 0.3 is 0 Å². The van der Waals surface area contributed by atoms with E-state index in [4.69, 9.17) is 12.2 Å². The first-order chi connectivity index (χ1) is 15.7. The monoisotopic (exact) mass is 447 g/mol. The van der Waals surface area contributed by atoms with Gasteiger partial charge in [-0.1, -0.05) is 66.7 Å². The molecule has 0 aliphatic carbocycles. The van der Waals surface area contributed by atoms with E-state index in [1.807, 2.05) is 65.4 Å². The summed E-state index contributed by atoms with van der Waals surface area (Å²) in [5, 5.41) is 6.48. The van der Waals surface area contributed by atoms with Crippen molar-refractivity contribution in [3.05, 3.63) is 82.4 Å². The van der Waals surface area contributed by atoms with E-state index in [1.165, 1.54) is 5.56 Å². The van der Waals surface area contributed by atoms with Gasteiger partial charge in [0.15, 0.2) is 0 Å². The predicted octanol–water partition coefficient (Wildman–Crippen LogP) is 4.28. The summed E-state index contributed by atoms with van der Waals surface area (Å²) in [5.41, 5.74) is 2.32. The predicted molar refractivity (Wildman–Crippen MR) is 130 cm³/mol. The highest BCUT2D eigenvalue weighted by molar-refractivity contribution is 7.71. The van der Waals surface area contributed by atoms with Crippen LogP contribution in [0.1, 0.15) is 36.2 Å². The highest BCUT2D eigenvalue weighted by atomic mass is 32.1. The van der Waals surface area contributed by atoms with Crippen LogP contribution in [0.25, 0.3) is 12.2 Å². The topological polar surface area (TPSA) is 66.0 Å². The van der Waals surface area contributed by atoms with Gasteiger partial charge in [-0.15, -0.1) is 0 Å². The third kappa shape index (κ3) is 6.48. The van der Waals surface area contributed by atoms with Crippen LogP contribution in [-0.4, -0.2) is 44.7 Å². The largest absolute Gasteiger partial charge is 0.353 e. The van der Waals surface area contributed by atoms with Gasteiger partial charge in [-0.25, -0.2) is 4.68 Å². The Labute approximate surface area is 194 Å². The molecule has 0 saturated carbocycles. The van der Waals surface area contributed by atoms with Crippen LogP contribution in [0.15, 0.2) is 60.7 Å². The summed E-state index contributed by atoms with van der Waals surface area (Å²) in [6, 6.07) is 20.5. The zero-order valence-corrected chi connectivity index (χ0v) is 18.9. The van der Waals surface area contributed by atoms with E-state index in [2.05, 4.69) is 32.4 Å². The maximum Gasteiger partial charge on any atom is 0.220 e. The van der Waals surface area contributed by atoms with Crippen LogP contribution in [0.4, 0.5) is 0 Å². The van der Waals surface area contributed by atoms with Crippen molar-refractivity contribution >= 4 is 30.3 Å². The average Bonchev–Trinajstić information content (AvgIpc) is 3.18. The van der Waals surface area contributed by atoms with Crippen molar-refractivity contribution < 1.29 is 4.79 Å². The molecule has 0 unspecified atom stereocenters. The summed E-state index contributed by atoms with van der Waals surface area (Å²) in [6.45, 7) is 2.51. The number of hydrogen-bond donors (Lipinski definition) is 2. The van der Waals surface area contributed by atoms with Crippen molar-refractivity contribution in [2.75, 3.05) is 13.1 Å². The highest BCUT2D eigenvalue weighted by Gasteiger charge is 2.21. The third-order valence-corrected chi connectivity index (χ3v) is 6.02. The molecule has 0 atom stereocenters. The van der Waals surface area contributed by atoms with E-state index in [0.717, 1.165) is 43.7 Å². The molecule has 0 bridgehead atoms. The van der Waals surface area contributed by atoms with Gasteiger partial charge in [0.2, 0.25) is 10.7 Å². The zero-order chi connectivity index (χ0) is 22.2. The molecular formula is C25H29N5OS. The fourth-order valence-electron chi connectivity index (χ4n) is 3.91. The van der Waals surface area contributed by atoms with Gasteiger partial charge in [-0.2, -0.15) is 4.98 Å². The number of likely N-dealkylation sites (tertiary alicyclic amines) is 1. The number of carbonyl (C=O) groups excluding carboxylic acids is 1. The number of H-pyrrole nitrogens is 1. The Balaban J connectivity index is 1.22. The molecule has 2 heterocycles. The summed E-state index contributed by atoms with van der Waals surface area (Å²) in [4.78, 5) is 19.1. The molecule has 1 saturated heterocycles. The summed E-state index contributed by atoms with van der Waals surface area (Å²) in [7, 11) is 0. The lowest BCUT2D eigenvalue weighted by atomic mass is 10.0. The third-order valence-electron chi connectivity index (χ3n) is 5.71. The van der Waals surface area contributed by atoms with E-state index in [0.29, 0.717) is 17.9 Å². The molecule has 7 heteroatoms. The average molecular weight is 448 g/mol. The summed E-state index contributed by atoms with van der Waals surface area (Å²) in [6.07, 6.45) is 7.17. The molecule has 0 spiro atoms. The van der Waals surface area contributed by atoms with Gasteiger partial charge in [0, 0.05) is 25.6 Å². The maximum atomic E-state index is 12.3.